The van der Waals surface area contributed by atoms with Gasteiger partial charge in [0.15, 0.2) is 11.6 Å². The molecule has 0 atom stereocenters. The summed E-state index contributed by atoms with van der Waals surface area (Å²) in [5.41, 5.74) is -0.0579. The maximum absolute atomic E-state index is 12.9. The Morgan fingerprint density at radius 3 is 2.67 bits per heavy atom. The summed E-state index contributed by atoms with van der Waals surface area (Å²) in [5, 5.41) is 9.14. The second-order valence-corrected chi connectivity index (χ2v) is 2.40. The predicted molar refractivity (Wildman–Crippen MR) is 40.9 cm³/mol. The lowest BCUT2D eigenvalue weighted by molar-refractivity contribution is 0.310. The summed E-state index contributed by atoms with van der Waals surface area (Å²) < 4.78 is 25.5. The maximum atomic E-state index is 12.9. The Hall–Kier alpha value is -0.960. The zero-order chi connectivity index (χ0) is 9.14. The van der Waals surface area contributed by atoms with Crippen LogP contribution in [0.15, 0.2) is 18.2 Å². The molecule has 1 radical (unpaired) electrons. The molecule has 0 amide bonds. The molecule has 1 aromatic carbocycles. The molecule has 0 aliphatic rings. The van der Waals surface area contributed by atoms with Crippen LogP contribution in [-0.4, -0.2) is 5.11 Å². The molecule has 0 fully saturated rings. The number of halogens is 2. The molecule has 1 N–H and O–H groups in total. The molecule has 0 aliphatic heterocycles. The van der Waals surface area contributed by atoms with Crippen molar-refractivity contribution in [2.75, 3.05) is 0 Å². The first kappa shape index (κ1) is 9.13. The molecule has 0 spiro atoms. The molecule has 1 rings (SSSR count). The van der Waals surface area contributed by atoms with Crippen LogP contribution in [0.25, 0.3) is 0 Å². The second-order valence-electron chi connectivity index (χ2n) is 2.40. The highest BCUT2D eigenvalue weighted by Gasteiger charge is 2.14. The van der Waals surface area contributed by atoms with Gasteiger partial charge in [0.2, 0.25) is 0 Å². The van der Waals surface area contributed by atoms with E-state index in [-0.39, 0.29) is 11.7 Å². The van der Waals surface area contributed by atoms with Crippen molar-refractivity contribution in [3.63, 3.8) is 0 Å². The largest absolute Gasteiger partial charge is 0.382 e. The molecule has 0 unspecified atom stereocenters. The topological polar surface area (TPSA) is 20.2 Å². The summed E-state index contributed by atoms with van der Waals surface area (Å²) in [6.07, 6.45) is 0.160. The van der Waals surface area contributed by atoms with Gasteiger partial charge in [0, 0.05) is 5.56 Å². The number of benzene rings is 1. The fourth-order valence-corrected chi connectivity index (χ4v) is 0.917. The Kier molecular flexibility index (Phi) is 2.76. The van der Waals surface area contributed by atoms with Gasteiger partial charge in [-0.3, -0.25) is 0 Å². The molecule has 0 saturated carbocycles. The van der Waals surface area contributed by atoms with Crippen LogP contribution in [0, 0.1) is 17.7 Å². The van der Waals surface area contributed by atoms with Gasteiger partial charge >= 0.3 is 0 Å². The van der Waals surface area contributed by atoms with Crippen molar-refractivity contribution in [1.82, 2.24) is 0 Å². The van der Waals surface area contributed by atoms with Crippen LogP contribution in [0.1, 0.15) is 18.9 Å². The van der Waals surface area contributed by atoms with Crippen molar-refractivity contribution >= 4 is 0 Å². The van der Waals surface area contributed by atoms with E-state index in [1.165, 1.54) is 12.1 Å². The molecular formula is C9H9F2O. The first-order chi connectivity index (χ1) is 5.66. The van der Waals surface area contributed by atoms with Crippen molar-refractivity contribution in [2.24, 2.45) is 0 Å². The molecule has 65 valence electrons. The monoisotopic (exact) mass is 171 g/mol. The van der Waals surface area contributed by atoms with E-state index in [0.29, 0.717) is 6.42 Å². The van der Waals surface area contributed by atoms with Crippen molar-refractivity contribution in [1.29, 1.82) is 0 Å². The Labute approximate surface area is 69.7 Å². The second kappa shape index (κ2) is 3.63. The SMILES string of the molecule is CC[C](O)c1cccc(F)c1F. The van der Waals surface area contributed by atoms with Gasteiger partial charge in [0.1, 0.15) is 6.10 Å². The molecule has 0 aliphatic carbocycles. The Morgan fingerprint density at radius 1 is 1.42 bits per heavy atom. The van der Waals surface area contributed by atoms with Crippen molar-refractivity contribution in [3.8, 4) is 0 Å². The molecule has 1 aromatic rings. The summed E-state index contributed by atoms with van der Waals surface area (Å²) in [7, 11) is 0. The summed E-state index contributed by atoms with van der Waals surface area (Å²) in [6.45, 7) is 1.67. The van der Waals surface area contributed by atoms with Crippen LogP contribution in [0.2, 0.25) is 0 Å². The third kappa shape index (κ3) is 1.61. The van der Waals surface area contributed by atoms with Crippen LogP contribution in [-0.2, 0) is 0 Å². The average molecular weight is 171 g/mol. The molecule has 0 aromatic heterocycles. The molecular weight excluding hydrogens is 162 g/mol. The zero-order valence-corrected chi connectivity index (χ0v) is 6.64. The summed E-state index contributed by atoms with van der Waals surface area (Å²) in [5.74, 6) is -1.93. The summed E-state index contributed by atoms with van der Waals surface area (Å²) in [4.78, 5) is 0. The lowest BCUT2D eigenvalue weighted by Gasteiger charge is -2.07. The van der Waals surface area contributed by atoms with Gasteiger partial charge in [0.25, 0.3) is 0 Å². The number of rotatable bonds is 2. The van der Waals surface area contributed by atoms with Gasteiger partial charge in [-0.05, 0) is 12.5 Å². The van der Waals surface area contributed by atoms with Gasteiger partial charge in [-0.2, -0.15) is 0 Å². The van der Waals surface area contributed by atoms with Crippen LogP contribution >= 0.6 is 0 Å². The molecule has 1 nitrogen and oxygen atoms in total. The van der Waals surface area contributed by atoms with Gasteiger partial charge in [-0.1, -0.05) is 19.1 Å². The third-order valence-corrected chi connectivity index (χ3v) is 1.60. The lowest BCUT2D eigenvalue weighted by Crippen LogP contribution is -2.01. The highest BCUT2D eigenvalue weighted by atomic mass is 19.2. The first-order valence-corrected chi connectivity index (χ1v) is 3.66. The van der Waals surface area contributed by atoms with Gasteiger partial charge < -0.3 is 5.11 Å². The maximum Gasteiger partial charge on any atom is 0.165 e. The highest BCUT2D eigenvalue weighted by Crippen LogP contribution is 2.20. The zero-order valence-electron chi connectivity index (χ0n) is 6.64. The van der Waals surface area contributed by atoms with Gasteiger partial charge in [-0.25, -0.2) is 8.78 Å². The first-order valence-electron chi connectivity index (χ1n) is 3.66. The number of aliphatic hydroxyl groups is 1. The van der Waals surface area contributed by atoms with E-state index in [4.69, 9.17) is 5.11 Å². The number of hydrogen-bond acceptors (Lipinski definition) is 1. The normalized spacial score (nSPS) is 10.8. The number of aliphatic hydroxyl groups excluding tert-OH is 1. The fraction of sp³-hybridized carbons (Fsp3) is 0.222. The van der Waals surface area contributed by atoms with Crippen molar-refractivity contribution in [2.45, 2.75) is 13.3 Å². The van der Waals surface area contributed by atoms with Crippen LogP contribution < -0.4 is 0 Å². The Balaban J connectivity index is 3.07. The van der Waals surface area contributed by atoms with E-state index < -0.39 is 11.6 Å². The highest BCUT2D eigenvalue weighted by molar-refractivity contribution is 5.28. The standard InChI is InChI=1S/C9H9F2O/c1-2-8(12)6-4-3-5-7(10)9(6)11/h3-5,12H,2H2,1H3. The van der Waals surface area contributed by atoms with E-state index in [1.54, 1.807) is 6.92 Å². The van der Waals surface area contributed by atoms with E-state index in [2.05, 4.69) is 0 Å². The quantitative estimate of drug-likeness (QED) is 0.725. The smallest absolute Gasteiger partial charge is 0.165 e. The summed E-state index contributed by atoms with van der Waals surface area (Å²) in [6, 6.07) is 3.72. The predicted octanol–water partition coefficient (Wildman–Crippen LogP) is 2.63. The molecule has 3 heteroatoms. The minimum absolute atomic E-state index is 0.0579. The van der Waals surface area contributed by atoms with Crippen LogP contribution in [0.5, 0.6) is 0 Å². The molecule has 0 heterocycles. The Bertz CT molecular complexity index is 273. The summed E-state index contributed by atoms with van der Waals surface area (Å²) >= 11 is 0. The fourth-order valence-electron chi connectivity index (χ4n) is 0.917. The van der Waals surface area contributed by atoms with E-state index in [1.807, 2.05) is 0 Å². The number of hydrogen-bond donors (Lipinski definition) is 1. The molecule has 12 heavy (non-hydrogen) atoms. The van der Waals surface area contributed by atoms with E-state index in [0.717, 1.165) is 6.07 Å². The van der Waals surface area contributed by atoms with E-state index >= 15 is 0 Å². The van der Waals surface area contributed by atoms with E-state index in [9.17, 15) is 8.78 Å². The Morgan fingerprint density at radius 2 is 2.08 bits per heavy atom. The average Bonchev–Trinajstić information content (AvgIpc) is 2.08. The molecule has 0 saturated heterocycles. The van der Waals surface area contributed by atoms with Gasteiger partial charge in [0.05, 0.1) is 0 Å². The lowest BCUT2D eigenvalue weighted by atomic mass is 10.1. The van der Waals surface area contributed by atoms with Crippen LogP contribution in [0.4, 0.5) is 8.78 Å². The van der Waals surface area contributed by atoms with Crippen LogP contribution in [0.3, 0.4) is 0 Å². The minimum atomic E-state index is -0.989. The van der Waals surface area contributed by atoms with Crippen molar-refractivity contribution in [3.05, 3.63) is 41.5 Å². The third-order valence-electron chi connectivity index (χ3n) is 1.60. The minimum Gasteiger partial charge on any atom is -0.382 e. The van der Waals surface area contributed by atoms with Gasteiger partial charge in [-0.15, -0.1) is 0 Å². The van der Waals surface area contributed by atoms with Crippen molar-refractivity contribution < 1.29 is 13.9 Å². The molecule has 0 bridgehead atoms.